The average Bonchev–Trinajstić information content (AvgIpc) is 2.96. The summed E-state index contributed by atoms with van der Waals surface area (Å²) in [5.41, 5.74) is 5.79. The maximum absolute atomic E-state index is 12.4. The number of thiazole rings is 1. The molecule has 0 atom stereocenters. The molecule has 2 aromatic rings. The molecule has 0 spiro atoms. The number of likely N-dealkylation sites (tertiary alicyclic amines) is 1. The lowest BCUT2D eigenvalue weighted by atomic mass is 9.96. The fourth-order valence-electron chi connectivity index (χ4n) is 2.86. The number of non-ortho nitro benzene ring substituents is 1. The number of aromatic nitrogens is 1. The molecular weight excluding hydrogens is 346 g/mol. The molecule has 0 saturated carbocycles. The zero-order chi connectivity index (χ0) is 18.0. The summed E-state index contributed by atoms with van der Waals surface area (Å²) in [4.78, 5) is 39.9. The zero-order valence-corrected chi connectivity index (χ0v) is 14.1. The van der Waals surface area contributed by atoms with Gasteiger partial charge in [-0.15, -0.1) is 0 Å². The largest absolute Gasteiger partial charge is 0.369 e. The Hall–Kier alpha value is -2.59. The fourth-order valence-corrected chi connectivity index (χ4v) is 3.76. The standard InChI is InChI=1S/C15H17N5O4S/c16-13(21)8-19-5-3-9(4-6-19)14(22)18-15-17-11-2-1-10(20(23)24)7-12(11)25-15/h1-2,7,9H,3-6,8H2,(H2,16,21)(H,17,18,22). The lowest BCUT2D eigenvalue weighted by molar-refractivity contribution is -0.384. The number of carbonyl (C=O) groups is 2. The quantitative estimate of drug-likeness (QED) is 0.609. The Balaban J connectivity index is 1.62. The van der Waals surface area contributed by atoms with Crippen molar-refractivity contribution in [1.82, 2.24) is 9.88 Å². The van der Waals surface area contributed by atoms with E-state index in [2.05, 4.69) is 10.3 Å². The van der Waals surface area contributed by atoms with Crippen molar-refractivity contribution >= 4 is 44.2 Å². The van der Waals surface area contributed by atoms with Crippen LogP contribution in [0.1, 0.15) is 12.8 Å². The van der Waals surface area contributed by atoms with Crippen molar-refractivity contribution in [2.45, 2.75) is 12.8 Å². The molecule has 1 saturated heterocycles. The van der Waals surface area contributed by atoms with Gasteiger partial charge in [-0.05, 0) is 32.0 Å². The molecule has 1 aliphatic heterocycles. The van der Waals surface area contributed by atoms with Crippen LogP contribution in [-0.2, 0) is 9.59 Å². The number of nitrogens with one attached hydrogen (secondary N) is 1. The monoisotopic (exact) mass is 363 g/mol. The van der Waals surface area contributed by atoms with E-state index in [0.717, 1.165) is 0 Å². The van der Waals surface area contributed by atoms with E-state index in [1.165, 1.54) is 23.5 Å². The number of primary amides is 1. The second kappa shape index (κ2) is 7.11. The van der Waals surface area contributed by atoms with Gasteiger partial charge in [0.05, 0.1) is 21.7 Å². The Morgan fingerprint density at radius 1 is 1.40 bits per heavy atom. The van der Waals surface area contributed by atoms with Crippen molar-refractivity contribution in [3.63, 3.8) is 0 Å². The van der Waals surface area contributed by atoms with Crippen molar-refractivity contribution in [3.05, 3.63) is 28.3 Å². The van der Waals surface area contributed by atoms with Gasteiger partial charge >= 0.3 is 0 Å². The van der Waals surface area contributed by atoms with Gasteiger partial charge in [0.15, 0.2) is 5.13 Å². The highest BCUT2D eigenvalue weighted by molar-refractivity contribution is 7.22. The molecule has 1 aliphatic rings. The van der Waals surface area contributed by atoms with Crippen molar-refractivity contribution < 1.29 is 14.5 Å². The predicted molar refractivity (Wildman–Crippen MR) is 93.3 cm³/mol. The highest BCUT2D eigenvalue weighted by Gasteiger charge is 2.26. The fraction of sp³-hybridized carbons (Fsp3) is 0.400. The first-order valence-electron chi connectivity index (χ1n) is 7.79. The molecule has 1 aromatic carbocycles. The number of anilines is 1. The minimum Gasteiger partial charge on any atom is -0.369 e. The van der Waals surface area contributed by atoms with E-state index in [1.54, 1.807) is 6.07 Å². The molecule has 3 N–H and O–H groups in total. The number of hydrogen-bond donors (Lipinski definition) is 2. The molecule has 132 valence electrons. The maximum Gasteiger partial charge on any atom is 0.270 e. The second-order valence-electron chi connectivity index (χ2n) is 5.93. The molecule has 10 heteroatoms. The SMILES string of the molecule is NC(=O)CN1CCC(C(=O)Nc2nc3ccc([N+](=O)[O-])cc3s2)CC1. The number of nitrogens with two attached hydrogens (primary N) is 1. The number of fused-ring (bicyclic) bond motifs is 1. The molecule has 2 amide bonds. The number of nitro benzene ring substituents is 1. The molecule has 0 unspecified atom stereocenters. The first kappa shape index (κ1) is 17.2. The van der Waals surface area contributed by atoms with Gasteiger partial charge in [-0.25, -0.2) is 4.98 Å². The van der Waals surface area contributed by atoms with E-state index < -0.39 is 4.92 Å². The number of amides is 2. The predicted octanol–water partition coefficient (Wildman–Crippen LogP) is 1.34. The summed E-state index contributed by atoms with van der Waals surface area (Å²) in [5.74, 6) is -0.635. The maximum atomic E-state index is 12.4. The van der Waals surface area contributed by atoms with E-state index in [9.17, 15) is 19.7 Å². The number of nitrogens with zero attached hydrogens (tertiary/aromatic N) is 3. The highest BCUT2D eigenvalue weighted by atomic mass is 32.1. The van der Waals surface area contributed by atoms with Gasteiger partial charge < -0.3 is 11.1 Å². The molecule has 9 nitrogen and oxygen atoms in total. The molecule has 0 aliphatic carbocycles. The summed E-state index contributed by atoms with van der Waals surface area (Å²) in [7, 11) is 0. The number of carbonyl (C=O) groups excluding carboxylic acids is 2. The summed E-state index contributed by atoms with van der Waals surface area (Å²) in [6.07, 6.45) is 1.30. The second-order valence-corrected chi connectivity index (χ2v) is 6.96. The van der Waals surface area contributed by atoms with Crippen LogP contribution in [0.15, 0.2) is 18.2 Å². The van der Waals surface area contributed by atoms with Crippen LogP contribution in [0, 0.1) is 16.0 Å². The van der Waals surface area contributed by atoms with Crippen LogP contribution in [0.2, 0.25) is 0 Å². The first-order chi connectivity index (χ1) is 11.9. The van der Waals surface area contributed by atoms with Gasteiger partial charge in [0.2, 0.25) is 11.8 Å². The average molecular weight is 363 g/mol. The van der Waals surface area contributed by atoms with Crippen molar-refractivity contribution in [2.75, 3.05) is 25.0 Å². The molecule has 1 aromatic heterocycles. The molecule has 0 bridgehead atoms. The Bertz CT molecular complexity index is 828. The zero-order valence-electron chi connectivity index (χ0n) is 13.3. The molecule has 0 radical (unpaired) electrons. The van der Waals surface area contributed by atoms with Gasteiger partial charge in [0, 0.05) is 18.1 Å². The number of hydrogen-bond acceptors (Lipinski definition) is 7. The first-order valence-corrected chi connectivity index (χ1v) is 8.60. The third-order valence-electron chi connectivity index (χ3n) is 4.15. The van der Waals surface area contributed by atoms with Crippen LogP contribution >= 0.6 is 11.3 Å². The normalized spacial score (nSPS) is 16.0. The van der Waals surface area contributed by atoms with Crippen LogP contribution in [0.5, 0.6) is 0 Å². The van der Waals surface area contributed by atoms with E-state index in [1.807, 2.05) is 4.90 Å². The Labute approximate surface area is 147 Å². The van der Waals surface area contributed by atoms with Crippen LogP contribution in [0.4, 0.5) is 10.8 Å². The van der Waals surface area contributed by atoms with Gasteiger partial charge in [0.1, 0.15) is 0 Å². The van der Waals surface area contributed by atoms with Gasteiger partial charge in [0.25, 0.3) is 5.69 Å². The minimum absolute atomic E-state index is 0.00384. The van der Waals surface area contributed by atoms with E-state index in [-0.39, 0.29) is 30.0 Å². The summed E-state index contributed by atoms with van der Waals surface area (Å²) >= 11 is 1.21. The Morgan fingerprint density at radius 3 is 2.76 bits per heavy atom. The summed E-state index contributed by atoms with van der Waals surface area (Å²) in [5, 5.41) is 14.0. The number of piperidine rings is 1. The van der Waals surface area contributed by atoms with E-state index >= 15 is 0 Å². The van der Waals surface area contributed by atoms with Crippen LogP contribution in [-0.4, -0.2) is 46.3 Å². The van der Waals surface area contributed by atoms with Crippen LogP contribution in [0.3, 0.4) is 0 Å². The summed E-state index contributed by atoms with van der Waals surface area (Å²) in [6, 6.07) is 4.41. The summed E-state index contributed by atoms with van der Waals surface area (Å²) in [6.45, 7) is 1.51. The summed E-state index contributed by atoms with van der Waals surface area (Å²) < 4.78 is 0.653. The van der Waals surface area contributed by atoms with Gasteiger partial charge in [-0.1, -0.05) is 11.3 Å². The molecule has 25 heavy (non-hydrogen) atoms. The van der Waals surface area contributed by atoms with Crippen molar-refractivity contribution in [1.29, 1.82) is 0 Å². The van der Waals surface area contributed by atoms with Crippen molar-refractivity contribution in [3.8, 4) is 0 Å². The lowest BCUT2D eigenvalue weighted by Gasteiger charge is -2.29. The highest BCUT2D eigenvalue weighted by Crippen LogP contribution is 2.30. The third kappa shape index (κ3) is 4.09. The van der Waals surface area contributed by atoms with E-state index in [0.29, 0.717) is 41.3 Å². The van der Waals surface area contributed by atoms with Crippen LogP contribution in [0.25, 0.3) is 10.2 Å². The number of benzene rings is 1. The Morgan fingerprint density at radius 2 is 2.12 bits per heavy atom. The lowest BCUT2D eigenvalue weighted by Crippen LogP contribution is -2.42. The number of rotatable bonds is 5. The van der Waals surface area contributed by atoms with E-state index in [4.69, 9.17) is 5.73 Å². The minimum atomic E-state index is -0.461. The van der Waals surface area contributed by atoms with Crippen LogP contribution < -0.4 is 11.1 Å². The third-order valence-corrected chi connectivity index (χ3v) is 5.08. The topological polar surface area (TPSA) is 131 Å². The molecular formula is C15H17N5O4S. The smallest absolute Gasteiger partial charge is 0.270 e. The number of nitro groups is 1. The molecule has 2 heterocycles. The molecule has 1 fully saturated rings. The molecule has 3 rings (SSSR count). The van der Waals surface area contributed by atoms with Gasteiger partial charge in [-0.3, -0.25) is 24.6 Å². The van der Waals surface area contributed by atoms with Crippen molar-refractivity contribution in [2.24, 2.45) is 11.7 Å². The Kier molecular flexibility index (Phi) is 4.91. The van der Waals surface area contributed by atoms with Gasteiger partial charge in [-0.2, -0.15) is 0 Å².